The lowest BCUT2D eigenvalue weighted by Crippen LogP contribution is -1.93. The molecule has 2 heterocycles. The van der Waals surface area contributed by atoms with Gasteiger partial charge in [-0.1, -0.05) is 6.07 Å². The molecule has 2 rings (SSSR count). The van der Waals surface area contributed by atoms with E-state index in [0.717, 1.165) is 5.56 Å². The Hall–Kier alpha value is -2.11. The minimum atomic E-state index is -0.529. The quantitative estimate of drug-likeness (QED) is 0.542. The van der Waals surface area contributed by atoms with Gasteiger partial charge in [-0.3, -0.25) is 4.40 Å². The highest BCUT2D eigenvalue weighted by molar-refractivity contribution is 5.69. The van der Waals surface area contributed by atoms with Crippen molar-refractivity contribution in [1.82, 2.24) is 9.38 Å². The number of nitro groups is 1. The van der Waals surface area contributed by atoms with Crippen LogP contribution in [0.4, 0.5) is 11.8 Å². The third kappa shape index (κ3) is 1.00. The Kier molecular flexibility index (Phi) is 1.63. The van der Waals surface area contributed by atoms with Crippen molar-refractivity contribution in [3.05, 3.63) is 34.0 Å². The van der Waals surface area contributed by atoms with Crippen LogP contribution in [0.25, 0.3) is 5.52 Å². The van der Waals surface area contributed by atoms with Crippen LogP contribution in [0.5, 0.6) is 0 Å². The molecule has 14 heavy (non-hydrogen) atoms. The van der Waals surface area contributed by atoms with E-state index >= 15 is 0 Å². The van der Waals surface area contributed by atoms with E-state index in [1.807, 2.05) is 0 Å². The second-order valence-electron chi connectivity index (χ2n) is 2.96. The van der Waals surface area contributed by atoms with Gasteiger partial charge in [0.05, 0.1) is 0 Å². The number of fused-ring (bicyclic) bond motifs is 1. The average Bonchev–Trinajstić information content (AvgIpc) is 2.46. The van der Waals surface area contributed by atoms with Gasteiger partial charge in [-0.05, 0) is 23.5 Å². The largest absolute Gasteiger partial charge is 0.392 e. The van der Waals surface area contributed by atoms with Gasteiger partial charge in [0.2, 0.25) is 0 Å². The number of imidazole rings is 1. The van der Waals surface area contributed by atoms with Crippen LogP contribution in [0, 0.1) is 17.0 Å². The van der Waals surface area contributed by atoms with Crippen molar-refractivity contribution in [2.45, 2.75) is 6.92 Å². The van der Waals surface area contributed by atoms with E-state index in [0.29, 0.717) is 5.52 Å². The van der Waals surface area contributed by atoms with Crippen molar-refractivity contribution in [2.75, 3.05) is 5.73 Å². The standard InChI is InChI=1S/C8H8N4O2/c1-5-3-2-4-11-6(5)7(12(13)14)10-8(11)9/h2-4H,1H3,(H2,9,10). The molecule has 0 bridgehead atoms. The molecule has 6 nitrogen and oxygen atoms in total. The molecular weight excluding hydrogens is 184 g/mol. The molecule has 2 aromatic rings. The Labute approximate surface area is 79.1 Å². The van der Waals surface area contributed by atoms with Crippen LogP contribution in [0.2, 0.25) is 0 Å². The molecule has 0 aliphatic carbocycles. The fourth-order valence-corrected chi connectivity index (χ4v) is 1.43. The molecule has 0 atom stereocenters. The van der Waals surface area contributed by atoms with Gasteiger partial charge in [-0.2, -0.15) is 0 Å². The van der Waals surface area contributed by atoms with E-state index in [4.69, 9.17) is 5.73 Å². The summed E-state index contributed by atoms with van der Waals surface area (Å²) in [6.07, 6.45) is 1.65. The first kappa shape index (κ1) is 8.49. The molecule has 0 spiro atoms. The first-order chi connectivity index (χ1) is 6.61. The van der Waals surface area contributed by atoms with Gasteiger partial charge in [0.25, 0.3) is 0 Å². The van der Waals surface area contributed by atoms with Crippen molar-refractivity contribution in [2.24, 2.45) is 0 Å². The zero-order valence-corrected chi connectivity index (χ0v) is 7.47. The van der Waals surface area contributed by atoms with Gasteiger partial charge in [0.1, 0.15) is 0 Å². The Morgan fingerprint density at radius 3 is 3.00 bits per heavy atom. The highest BCUT2D eigenvalue weighted by atomic mass is 16.6. The van der Waals surface area contributed by atoms with Crippen molar-refractivity contribution < 1.29 is 4.92 Å². The molecule has 0 aliphatic rings. The van der Waals surface area contributed by atoms with Crippen LogP contribution in [0.3, 0.4) is 0 Å². The van der Waals surface area contributed by atoms with Crippen molar-refractivity contribution >= 4 is 17.3 Å². The highest BCUT2D eigenvalue weighted by Crippen LogP contribution is 2.24. The van der Waals surface area contributed by atoms with E-state index in [-0.39, 0.29) is 11.8 Å². The average molecular weight is 192 g/mol. The third-order valence-electron chi connectivity index (χ3n) is 2.05. The van der Waals surface area contributed by atoms with E-state index in [9.17, 15) is 10.1 Å². The minimum Gasteiger partial charge on any atom is -0.358 e. The molecular formula is C8H8N4O2. The molecule has 0 aliphatic heterocycles. The fourth-order valence-electron chi connectivity index (χ4n) is 1.43. The zero-order chi connectivity index (χ0) is 10.3. The normalized spacial score (nSPS) is 10.6. The van der Waals surface area contributed by atoms with E-state index in [2.05, 4.69) is 4.98 Å². The van der Waals surface area contributed by atoms with Crippen molar-refractivity contribution in [3.8, 4) is 0 Å². The molecule has 2 aromatic heterocycles. The first-order valence-corrected chi connectivity index (χ1v) is 3.99. The smallest absolute Gasteiger partial charge is 0.358 e. The predicted octanol–water partition coefficient (Wildman–Crippen LogP) is 1.13. The van der Waals surface area contributed by atoms with Crippen molar-refractivity contribution in [3.63, 3.8) is 0 Å². The second-order valence-corrected chi connectivity index (χ2v) is 2.96. The summed E-state index contributed by atoms with van der Waals surface area (Å²) in [5.41, 5.74) is 6.77. The molecule has 0 unspecified atom stereocenters. The molecule has 0 fully saturated rings. The van der Waals surface area contributed by atoms with Crippen LogP contribution in [-0.4, -0.2) is 14.3 Å². The van der Waals surface area contributed by atoms with Gasteiger partial charge >= 0.3 is 11.8 Å². The van der Waals surface area contributed by atoms with Crippen LogP contribution < -0.4 is 5.73 Å². The molecule has 6 heteroatoms. The maximum Gasteiger partial charge on any atom is 0.392 e. The number of nitrogens with zero attached hydrogens (tertiary/aromatic N) is 3. The zero-order valence-electron chi connectivity index (χ0n) is 7.47. The summed E-state index contributed by atoms with van der Waals surface area (Å²) < 4.78 is 1.51. The van der Waals surface area contributed by atoms with Gasteiger partial charge < -0.3 is 15.8 Å². The number of hydrogen-bond donors (Lipinski definition) is 1. The number of rotatable bonds is 1. The van der Waals surface area contributed by atoms with Crippen LogP contribution in [0.1, 0.15) is 5.56 Å². The Morgan fingerprint density at radius 2 is 2.36 bits per heavy atom. The second kappa shape index (κ2) is 2.69. The Morgan fingerprint density at radius 1 is 1.64 bits per heavy atom. The lowest BCUT2D eigenvalue weighted by atomic mass is 10.2. The minimum absolute atomic E-state index is 0.135. The summed E-state index contributed by atoms with van der Waals surface area (Å²) in [5.74, 6) is -0.0593. The summed E-state index contributed by atoms with van der Waals surface area (Å²) in [6.45, 7) is 1.78. The number of anilines is 1. The van der Waals surface area contributed by atoms with E-state index < -0.39 is 4.92 Å². The van der Waals surface area contributed by atoms with E-state index in [1.165, 1.54) is 4.40 Å². The predicted molar refractivity (Wildman–Crippen MR) is 51.0 cm³/mol. The summed E-state index contributed by atoms with van der Waals surface area (Å²) in [6, 6.07) is 3.55. The topological polar surface area (TPSA) is 86.5 Å². The van der Waals surface area contributed by atoms with Gasteiger partial charge in [0, 0.05) is 11.2 Å². The third-order valence-corrected chi connectivity index (χ3v) is 2.05. The first-order valence-electron chi connectivity index (χ1n) is 3.99. The Balaban J connectivity index is 2.93. The number of nitrogens with two attached hydrogens (primary N) is 1. The molecule has 0 saturated heterocycles. The summed E-state index contributed by atoms with van der Waals surface area (Å²) >= 11 is 0. The SMILES string of the molecule is Cc1cccn2c(N)nc([N+](=O)[O-])c12. The molecule has 0 amide bonds. The van der Waals surface area contributed by atoms with E-state index in [1.54, 1.807) is 25.3 Å². The highest BCUT2D eigenvalue weighted by Gasteiger charge is 2.21. The van der Waals surface area contributed by atoms with Gasteiger partial charge in [-0.15, -0.1) is 0 Å². The lowest BCUT2D eigenvalue weighted by Gasteiger charge is -1.96. The fraction of sp³-hybridized carbons (Fsp3) is 0.125. The maximum atomic E-state index is 10.7. The molecule has 0 saturated carbocycles. The Bertz CT molecular complexity index is 517. The monoisotopic (exact) mass is 192 g/mol. The number of pyridine rings is 1. The number of aryl methyl sites for hydroxylation is 1. The van der Waals surface area contributed by atoms with Crippen LogP contribution in [0.15, 0.2) is 18.3 Å². The summed E-state index contributed by atoms with van der Waals surface area (Å²) in [4.78, 5) is 13.8. The number of nitrogen functional groups attached to an aromatic ring is 1. The van der Waals surface area contributed by atoms with Crippen molar-refractivity contribution in [1.29, 1.82) is 0 Å². The molecule has 72 valence electrons. The van der Waals surface area contributed by atoms with Crippen LogP contribution >= 0.6 is 0 Å². The number of aromatic nitrogens is 2. The summed E-state index contributed by atoms with van der Waals surface area (Å²) in [5, 5.41) is 10.7. The molecule has 0 radical (unpaired) electrons. The van der Waals surface area contributed by atoms with Gasteiger partial charge in [0.15, 0.2) is 5.52 Å². The van der Waals surface area contributed by atoms with Gasteiger partial charge in [-0.25, -0.2) is 0 Å². The molecule has 0 aromatic carbocycles. The maximum absolute atomic E-state index is 10.7. The molecule has 2 N–H and O–H groups in total. The number of hydrogen-bond acceptors (Lipinski definition) is 4. The summed E-state index contributed by atoms with van der Waals surface area (Å²) in [7, 11) is 0. The van der Waals surface area contributed by atoms with Crippen LogP contribution in [-0.2, 0) is 0 Å². The lowest BCUT2D eigenvalue weighted by molar-refractivity contribution is -0.387.